The lowest BCUT2D eigenvalue weighted by Gasteiger charge is -2.08. The van der Waals surface area contributed by atoms with E-state index < -0.39 is 24.3 Å². The molecule has 0 aliphatic carbocycles. The Kier molecular flexibility index (Phi) is 5.27. The standard InChI is InChI=1S/C16H13BrFNO3/c1-10-8-13(6-7-14(10)17)19-15(20)9-22-16(21)11-2-4-12(18)5-3-11/h2-8H,9H2,1H3,(H,19,20). The molecule has 4 nitrogen and oxygen atoms in total. The predicted molar refractivity (Wildman–Crippen MR) is 84.2 cm³/mol. The van der Waals surface area contributed by atoms with Crippen LogP contribution >= 0.6 is 15.9 Å². The summed E-state index contributed by atoms with van der Waals surface area (Å²) < 4.78 is 18.6. The fourth-order valence-corrected chi connectivity index (χ4v) is 1.97. The van der Waals surface area contributed by atoms with Crippen LogP contribution in [-0.4, -0.2) is 18.5 Å². The molecule has 1 amide bonds. The molecule has 2 aromatic carbocycles. The number of hydrogen-bond acceptors (Lipinski definition) is 3. The summed E-state index contributed by atoms with van der Waals surface area (Å²) in [5.41, 5.74) is 1.78. The molecule has 0 radical (unpaired) electrons. The normalized spacial score (nSPS) is 10.1. The van der Waals surface area contributed by atoms with Crippen molar-refractivity contribution in [2.24, 2.45) is 0 Å². The number of anilines is 1. The number of carbonyl (C=O) groups excluding carboxylic acids is 2. The van der Waals surface area contributed by atoms with Crippen LogP contribution in [0.15, 0.2) is 46.9 Å². The maximum absolute atomic E-state index is 12.7. The minimum Gasteiger partial charge on any atom is -0.452 e. The third kappa shape index (κ3) is 4.39. The van der Waals surface area contributed by atoms with Crippen LogP contribution in [0.3, 0.4) is 0 Å². The molecule has 0 heterocycles. The van der Waals surface area contributed by atoms with Crippen LogP contribution in [0.25, 0.3) is 0 Å². The summed E-state index contributed by atoms with van der Waals surface area (Å²) in [4.78, 5) is 23.4. The first-order chi connectivity index (χ1) is 10.5. The van der Waals surface area contributed by atoms with Crippen molar-refractivity contribution in [1.82, 2.24) is 0 Å². The average Bonchev–Trinajstić information content (AvgIpc) is 2.49. The minimum atomic E-state index is -0.679. The van der Waals surface area contributed by atoms with Crippen molar-refractivity contribution in [2.45, 2.75) is 6.92 Å². The van der Waals surface area contributed by atoms with Crippen molar-refractivity contribution >= 4 is 33.5 Å². The van der Waals surface area contributed by atoms with E-state index in [1.807, 2.05) is 13.0 Å². The van der Waals surface area contributed by atoms with Crippen molar-refractivity contribution in [2.75, 3.05) is 11.9 Å². The second-order valence-corrected chi connectivity index (χ2v) is 5.45. The molecular formula is C16H13BrFNO3. The molecule has 0 aliphatic heterocycles. The Morgan fingerprint density at radius 3 is 2.50 bits per heavy atom. The highest BCUT2D eigenvalue weighted by Gasteiger charge is 2.10. The first kappa shape index (κ1) is 16.2. The molecule has 0 saturated heterocycles. The third-order valence-electron chi connectivity index (χ3n) is 2.86. The molecule has 0 saturated carbocycles. The summed E-state index contributed by atoms with van der Waals surface area (Å²) in [5, 5.41) is 2.63. The van der Waals surface area contributed by atoms with E-state index in [9.17, 15) is 14.0 Å². The topological polar surface area (TPSA) is 55.4 Å². The number of ether oxygens (including phenoxy) is 1. The van der Waals surface area contributed by atoms with E-state index in [2.05, 4.69) is 21.2 Å². The number of nitrogens with one attached hydrogen (secondary N) is 1. The monoisotopic (exact) mass is 365 g/mol. The van der Waals surface area contributed by atoms with E-state index in [0.717, 1.165) is 22.2 Å². The van der Waals surface area contributed by atoms with Gasteiger partial charge in [0.25, 0.3) is 5.91 Å². The van der Waals surface area contributed by atoms with Gasteiger partial charge in [0.1, 0.15) is 5.82 Å². The second-order valence-electron chi connectivity index (χ2n) is 4.60. The summed E-state index contributed by atoms with van der Waals surface area (Å²) in [6.07, 6.45) is 0. The quantitative estimate of drug-likeness (QED) is 0.840. The maximum Gasteiger partial charge on any atom is 0.338 e. The van der Waals surface area contributed by atoms with E-state index in [0.29, 0.717) is 5.69 Å². The Hall–Kier alpha value is -2.21. The van der Waals surface area contributed by atoms with E-state index in [1.165, 1.54) is 12.1 Å². The number of amides is 1. The van der Waals surface area contributed by atoms with Gasteiger partial charge >= 0.3 is 5.97 Å². The molecule has 2 aromatic rings. The van der Waals surface area contributed by atoms with Gasteiger partial charge in [0, 0.05) is 10.2 Å². The van der Waals surface area contributed by atoms with Crippen LogP contribution in [0, 0.1) is 12.7 Å². The Bertz CT molecular complexity index is 701. The maximum atomic E-state index is 12.7. The van der Waals surface area contributed by atoms with Crippen molar-refractivity contribution < 1.29 is 18.7 Å². The van der Waals surface area contributed by atoms with Gasteiger partial charge in [-0.3, -0.25) is 4.79 Å². The van der Waals surface area contributed by atoms with Crippen LogP contribution in [0.4, 0.5) is 10.1 Å². The lowest BCUT2D eigenvalue weighted by Crippen LogP contribution is -2.21. The number of benzene rings is 2. The van der Waals surface area contributed by atoms with Gasteiger partial charge in [0.2, 0.25) is 0 Å². The van der Waals surface area contributed by atoms with Crippen molar-refractivity contribution in [3.05, 3.63) is 63.9 Å². The van der Waals surface area contributed by atoms with Crippen LogP contribution in [0.2, 0.25) is 0 Å². The summed E-state index contributed by atoms with van der Waals surface area (Å²) in [7, 11) is 0. The molecular weight excluding hydrogens is 353 g/mol. The van der Waals surface area contributed by atoms with E-state index in [-0.39, 0.29) is 5.56 Å². The zero-order valence-corrected chi connectivity index (χ0v) is 13.3. The lowest BCUT2D eigenvalue weighted by atomic mass is 10.2. The Morgan fingerprint density at radius 2 is 1.86 bits per heavy atom. The number of hydrogen-bond donors (Lipinski definition) is 1. The summed E-state index contributed by atoms with van der Waals surface area (Å²) >= 11 is 3.37. The van der Waals surface area contributed by atoms with Crippen molar-refractivity contribution in [3.8, 4) is 0 Å². The summed E-state index contributed by atoms with van der Waals surface area (Å²) in [6.45, 7) is 1.49. The first-order valence-corrected chi connectivity index (χ1v) is 7.23. The van der Waals surface area contributed by atoms with Gasteiger partial charge < -0.3 is 10.1 Å². The summed E-state index contributed by atoms with van der Waals surface area (Å²) in [5.74, 6) is -1.57. The summed E-state index contributed by atoms with van der Waals surface area (Å²) in [6, 6.07) is 10.2. The highest BCUT2D eigenvalue weighted by Crippen LogP contribution is 2.19. The van der Waals surface area contributed by atoms with Crippen LogP contribution in [-0.2, 0) is 9.53 Å². The van der Waals surface area contributed by atoms with Gasteiger partial charge in [0.15, 0.2) is 6.61 Å². The SMILES string of the molecule is Cc1cc(NC(=O)COC(=O)c2ccc(F)cc2)ccc1Br. The van der Waals surface area contributed by atoms with E-state index in [4.69, 9.17) is 4.74 Å². The molecule has 6 heteroatoms. The number of carbonyl (C=O) groups is 2. The molecule has 0 aliphatic rings. The van der Waals surface area contributed by atoms with E-state index >= 15 is 0 Å². The Balaban J connectivity index is 1.88. The van der Waals surface area contributed by atoms with Gasteiger partial charge in [-0.15, -0.1) is 0 Å². The van der Waals surface area contributed by atoms with Gasteiger partial charge in [-0.1, -0.05) is 15.9 Å². The Morgan fingerprint density at radius 1 is 1.18 bits per heavy atom. The molecule has 0 atom stereocenters. The largest absolute Gasteiger partial charge is 0.452 e. The van der Waals surface area contributed by atoms with Crippen LogP contribution in [0.1, 0.15) is 15.9 Å². The molecule has 0 bridgehead atoms. The molecule has 0 spiro atoms. The Labute approximate surface area is 135 Å². The highest BCUT2D eigenvalue weighted by molar-refractivity contribution is 9.10. The fourth-order valence-electron chi connectivity index (χ4n) is 1.72. The average molecular weight is 366 g/mol. The van der Waals surface area contributed by atoms with Crippen molar-refractivity contribution in [1.29, 1.82) is 0 Å². The smallest absolute Gasteiger partial charge is 0.338 e. The van der Waals surface area contributed by atoms with Crippen LogP contribution < -0.4 is 5.32 Å². The third-order valence-corrected chi connectivity index (χ3v) is 3.75. The molecule has 0 unspecified atom stereocenters. The first-order valence-electron chi connectivity index (χ1n) is 6.44. The zero-order chi connectivity index (χ0) is 16.1. The van der Waals surface area contributed by atoms with Crippen LogP contribution in [0.5, 0.6) is 0 Å². The fraction of sp³-hybridized carbons (Fsp3) is 0.125. The number of halogens is 2. The predicted octanol–water partition coefficient (Wildman–Crippen LogP) is 3.69. The zero-order valence-electron chi connectivity index (χ0n) is 11.7. The van der Waals surface area contributed by atoms with E-state index in [1.54, 1.807) is 12.1 Å². The van der Waals surface area contributed by atoms with Gasteiger partial charge in [-0.25, -0.2) is 9.18 Å². The van der Waals surface area contributed by atoms with Gasteiger partial charge in [-0.2, -0.15) is 0 Å². The molecule has 2 rings (SSSR count). The van der Waals surface area contributed by atoms with Gasteiger partial charge in [0.05, 0.1) is 5.56 Å². The molecule has 0 aromatic heterocycles. The number of aryl methyl sites for hydroxylation is 1. The molecule has 114 valence electrons. The van der Waals surface area contributed by atoms with Crippen molar-refractivity contribution in [3.63, 3.8) is 0 Å². The number of esters is 1. The minimum absolute atomic E-state index is 0.189. The molecule has 0 fully saturated rings. The lowest BCUT2D eigenvalue weighted by molar-refractivity contribution is -0.119. The van der Waals surface area contributed by atoms with Gasteiger partial charge in [-0.05, 0) is 55.0 Å². The number of rotatable bonds is 4. The molecule has 1 N–H and O–H groups in total. The second kappa shape index (κ2) is 7.17. The highest BCUT2D eigenvalue weighted by atomic mass is 79.9. The molecule has 22 heavy (non-hydrogen) atoms.